The van der Waals surface area contributed by atoms with E-state index in [0.29, 0.717) is 0 Å². The van der Waals surface area contributed by atoms with E-state index < -0.39 is 0 Å². The lowest BCUT2D eigenvalue weighted by molar-refractivity contribution is 0.482. The van der Waals surface area contributed by atoms with Gasteiger partial charge in [0, 0.05) is 0 Å². The first-order chi connectivity index (χ1) is 13.5. The van der Waals surface area contributed by atoms with Crippen molar-refractivity contribution in [3.05, 3.63) is 100 Å². The summed E-state index contributed by atoms with van der Waals surface area (Å²) in [5.41, 5.74) is 7.96. The first-order valence-electron chi connectivity index (χ1n) is 9.62. The Labute approximate surface area is 165 Å². The molecular formula is C26H23FO. The Morgan fingerprint density at radius 2 is 1.64 bits per heavy atom. The summed E-state index contributed by atoms with van der Waals surface area (Å²) in [5, 5.41) is 0. The van der Waals surface area contributed by atoms with Crippen molar-refractivity contribution < 1.29 is 9.13 Å². The van der Waals surface area contributed by atoms with Crippen molar-refractivity contribution >= 4 is 17.2 Å². The van der Waals surface area contributed by atoms with Crippen LogP contribution in [0, 0.1) is 12.7 Å². The number of halogens is 1. The SMILES string of the molecule is CCC1=C(C)/C(=C/c2cccc(Oc3ccc(C)cc3)c2)c2ccc(F)cc21. The molecule has 3 aromatic rings. The van der Waals surface area contributed by atoms with Crippen LogP contribution in [0.5, 0.6) is 11.5 Å². The van der Waals surface area contributed by atoms with Crippen molar-refractivity contribution in [1.82, 2.24) is 0 Å². The first kappa shape index (κ1) is 18.2. The summed E-state index contributed by atoms with van der Waals surface area (Å²) >= 11 is 0. The maximum atomic E-state index is 13.8. The number of benzene rings is 3. The normalized spacial score (nSPS) is 14.5. The van der Waals surface area contributed by atoms with Crippen LogP contribution in [-0.2, 0) is 0 Å². The minimum Gasteiger partial charge on any atom is -0.457 e. The van der Waals surface area contributed by atoms with Crippen molar-refractivity contribution in [2.24, 2.45) is 0 Å². The van der Waals surface area contributed by atoms with E-state index in [9.17, 15) is 4.39 Å². The Kier molecular flexibility index (Phi) is 4.87. The predicted octanol–water partition coefficient (Wildman–Crippen LogP) is 7.66. The summed E-state index contributed by atoms with van der Waals surface area (Å²) in [6.07, 6.45) is 3.05. The highest BCUT2D eigenvalue weighted by atomic mass is 19.1. The second-order valence-electron chi connectivity index (χ2n) is 7.19. The molecule has 1 aliphatic carbocycles. The van der Waals surface area contributed by atoms with Gasteiger partial charge in [-0.1, -0.05) is 42.8 Å². The Morgan fingerprint density at radius 3 is 2.39 bits per heavy atom. The molecule has 0 bridgehead atoms. The zero-order chi connectivity index (χ0) is 19.7. The molecule has 0 aliphatic heterocycles. The minimum absolute atomic E-state index is 0.188. The summed E-state index contributed by atoms with van der Waals surface area (Å²) in [4.78, 5) is 0. The van der Waals surface area contributed by atoms with E-state index >= 15 is 0 Å². The van der Waals surface area contributed by atoms with Gasteiger partial charge in [0.25, 0.3) is 0 Å². The Balaban J connectivity index is 1.70. The van der Waals surface area contributed by atoms with Gasteiger partial charge < -0.3 is 4.74 Å². The average Bonchev–Trinajstić information content (AvgIpc) is 2.94. The number of ether oxygens (including phenoxy) is 1. The van der Waals surface area contributed by atoms with Gasteiger partial charge in [0.1, 0.15) is 17.3 Å². The van der Waals surface area contributed by atoms with Gasteiger partial charge in [-0.25, -0.2) is 4.39 Å². The van der Waals surface area contributed by atoms with E-state index in [4.69, 9.17) is 4.74 Å². The molecule has 0 saturated heterocycles. The molecular weight excluding hydrogens is 347 g/mol. The smallest absolute Gasteiger partial charge is 0.128 e. The van der Waals surface area contributed by atoms with E-state index in [0.717, 1.165) is 40.2 Å². The fourth-order valence-electron chi connectivity index (χ4n) is 3.79. The van der Waals surface area contributed by atoms with E-state index in [1.165, 1.54) is 22.8 Å². The summed E-state index contributed by atoms with van der Waals surface area (Å²) in [5.74, 6) is 1.43. The van der Waals surface area contributed by atoms with E-state index in [1.54, 1.807) is 6.07 Å². The Bertz CT molecular complexity index is 1090. The van der Waals surface area contributed by atoms with Gasteiger partial charge in [0.15, 0.2) is 0 Å². The van der Waals surface area contributed by atoms with Crippen LogP contribution in [0.3, 0.4) is 0 Å². The zero-order valence-corrected chi connectivity index (χ0v) is 16.4. The fraction of sp³-hybridized carbons (Fsp3) is 0.154. The molecule has 0 radical (unpaired) electrons. The maximum absolute atomic E-state index is 13.8. The van der Waals surface area contributed by atoms with E-state index in [2.05, 4.69) is 32.9 Å². The van der Waals surface area contributed by atoms with Crippen molar-refractivity contribution in [2.45, 2.75) is 27.2 Å². The van der Waals surface area contributed by atoms with Crippen molar-refractivity contribution in [3.8, 4) is 11.5 Å². The molecule has 4 rings (SSSR count). The molecule has 0 unspecified atom stereocenters. The average molecular weight is 370 g/mol. The maximum Gasteiger partial charge on any atom is 0.128 e. The van der Waals surface area contributed by atoms with E-state index in [-0.39, 0.29) is 5.82 Å². The van der Waals surface area contributed by atoms with Gasteiger partial charge in [0.05, 0.1) is 0 Å². The summed E-state index contributed by atoms with van der Waals surface area (Å²) in [6, 6.07) is 21.1. The lowest BCUT2D eigenvalue weighted by Crippen LogP contribution is -1.87. The molecule has 0 aromatic heterocycles. The van der Waals surface area contributed by atoms with Gasteiger partial charge in [0.2, 0.25) is 0 Å². The van der Waals surface area contributed by atoms with Crippen LogP contribution in [0.4, 0.5) is 4.39 Å². The number of allylic oxidation sites excluding steroid dienone is 3. The lowest BCUT2D eigenvalue weighted by atomic mass is 10.0. The summed E-state index contributed by atoms with van der Waals surface area (Å²) < 4.78 is 19.8. The molecule has 1 aliphatic rings. The van der Waals surface area contributed by atoms with Crippen molar-refractivity contribution in [3.63, 3.8) is 0 Å². The number of fused-ring (bicyclic) bond motifs is 1. The third-order valence-corrected chi connectivity index (χ3v) is 5.23. The van der Waals surface area contributed by atoms with Gasteiger partial charge in [-0.05, 0) is 96.2 Å². The minimum atomic E-state index is -0.188. The molecule has 1 nitrogen and oxygen atoms in total. The van der Waals surface area contributed by atoms with Crippen LogP contribution in [0.2, 0.25) is 0 Å². The molecule has 28 heavy (non-hydrogen) atoms. The lowest BCUT2D eigenvalue weighted by Gasteiger charge is -2.08. The number of hydrogen-bond acceptors (Lipinski definition) is 1. The molecule has 0 fully saturated rings. The van der Waals surface area contributed by atoms with Gasteiger partial charge >= 0.3 is 0 Å². The highest BCUT2D eigenvalue weighted by Gasteiger charge is 2.22. The van der Waals surface area contributed by atoms with Crippen LogP contribution in [0.25, 0.3) is 17.2 Å². The van der Waals surface area contributed by atoms with Crippen LogP contribution < -0.4 is 4.74 Å². The van der Waals surface area contributed by atoms with Crippen LogP contribution in [0.1, 0.15) is 42.5 Å². The fourth-order valence-corrected chi connectivity index (χ4v) is 3.79. The predicted molar refractivity (Wildman–Crippen MR) is 115 cm³/mol. The molecule has 0 spiro atoms. The quantitative estimate of drug-likeness (QED) is 0.458. The molecule has 0 heterocycles. The largest absolute Gasteiger partial charge is 0.457 e. The topological polar surface area (TPSA) is 9.23 Å². The molecule has 0 N–H and O–H groups in total. The molecule has 0 atom stereocenters. The number of hydrogen-bond donors (Lipinski definition) is 0. The monoisotopic (exact) mass is 370 g/mol. The van der Waals surface area contributed by atoms with Gasteiger partial charge in [-0.3, -0.25) is 0 Å². The van der Waals surface area contributed by atoms with Crippen LogP contribution in [0.15, 0.2) is 72.3 Å². The third kappa shape index (κ3) is 3.50. The molecule has 0 amide bonds. The first-order valence-corrected chi connectivity index (χ1v) is 9.62. The molecule has 140 valence electrons. The van der Waals surface area contributed by atoms with Crippen LogP contribution in [-0.4, -0.2) is 0 Å². The number of rotatable bonds is 4. The number of aryl methyl sites for hydroxylation is 1. The van der Waals surface area contributed by atoms with Crippen molar-refractivity contribution in [1.29, 1.82) is 0 Å². The summed E-state index contributed by atoms with van der Waals surface area (Å²) in [7, 11) is 0. The summed E-state index contributed by atoms with van der Waals surface area (Å²) in [6.45, 7) is 6.30. The molecule has 2 heteroatoms. The highest BCUT2D eigenvalue weighted by Crippen LogP contribution is 2.43. The molecule has 0 saturated carbocycles. The van der Waals surface area contributed by atoms with Crippen molar-refractivity contribution in [2.75, 3.05) is 0 Å². The van der Waals surface area contributed by atoms with Gasteiger partial charge in [-0.2, -0.15) is 0 Å². The Hall–Kier alpha value is -3.13. The second kappa shape index (κ2) is 7.47. The van der Waals surface area contributed by atoms with Gasteiger partial charge in [-0.15, -0.1) is 0 Å². The zero-order valence-electron chi connectivity index (χ0n) is 16.4. The van der Waals surface area contributed by atoms with Crippen LogP contribution >= 0.6 is 0 Å². The van der Waals surface area contributed by atoms with E-state index in [1.807, 2.05) is 48.5 Å². The third-order valence-electron chi connectivity index (χ3n) is 5.23. The Morgan fingerprint density at radius 1 is 0.857 bits per heavy atom. The second-order valence-corrected chi connectivity index (χ2v) is 7.19. The molecule has 3 aromatic carbocycles. The standard InChI is InChI=1S/C26H23FO/c1-4-23-18(3)25(24-13-10-20(27)16-26(23)24)15-19-6-5-7-22(14-19)28-21-11-8-17(2)9-12-21/h5-16H,4H2,1-3H3/b25-15-. The highest BCUT2D eigenvalue weighted by molar-refractivity contribution is 6.05.